The molecule has 8 heteroatoms. The zero-order valence-corrected chi connectivity index (χ0v) is 17.5. The normalized spacial score (nSPS) is 14.0. The Morgan fingerprint density at radius 3 is 2.75 bits per heavy atom. The van der Waals surface area contributed by atoms with E-state index in [2.05, 4.69) is 15.7 Å². The van der Waals surface area contributed by atoms with Gasteiger partial charge in [-0.25, -0.2) is 9.99 Å². The fourth-order valence-electron chi connectivity index (χ4n) is 3.50. The van der Waals surface area contributed by atoms with Gasteiger partial charge in [0.15, 0.2) is 0 Å². The van der Waals surface area contributed by atoms with Gasteiger partial charge in [-0.3, -0.25) is 15.0 Å². The molecule has 1 aliphatic carbocycles. The highest BCUT2D eigenvalue weighted by atomic mass is 32.1. The lowest BCUT2D eigenvalue weighted by Crippen LogP contribution is -2.36. The summed E-state index contributed by atoms with van der Waals surface area (Å²) in [4.78, 5) is 31.2. The smallest absolute Gasteiger partial charge is 0.268 e. The predicted octanol–water partition coefficient (Wildman–Crippen LogP) is 4.09. The maximum atomic E-state index is 12.9. The average Bonchev–Trinajstić information content (AvgIpc) is 3.18. The van der Waals surface area contributed by atoms with Crippen molar-refractivity contribution in [3.8, 4) is 0 Å². The highest BCUT2D eigenvalue weighted by molar-refractivity contribution is 7.17. The number of aromatic nitrogens is 1. The van der Waals surface area contributed by atoms with Crippen molar-refractivity contribution in [2.75, 3.05) is 19.4 Å². The molecule has 4 rings (SSSR count). The van der Waals surface area contributed by atoms with Crippen molar-refractivity contribution in [3.05, 3.63) is 45.3 Å². The van der Waals surface area contributed by atoms with Gasteiger partial charge in [0.05, 0.1) is 21.3 Å². The highest BCUT2D eigenvalue weighted by Crippen LogP contribution is 2.38. The van der Waals surface area contributed by atoms with Crippen molar-refractivity contribution in [2.24, 2.45) is 0 Å². The van der Waals surface area contributed by atoms with Crippen LogP contribution in [0.2, 0.25) is 0 Å². The Morgan fingerprint density at radius 1 is 1.11 bits per heavy atom. The average molecular weight is 415 g/mol. The number of nitrogens with one attached hydrogen (secondary N) is 2. The van der Waals surface area contributed by atoms with Crippen molar-refractivity contribution >= 4 is 49.7 Å². The third-order valence-corrected chi connectivity index (χ3v) is 6.79. The summed E-state index contributed by atoms with van der Waals surface area (Å²) in [5.74, 6) is -0.372. The molecular formula is C20H22N4O2S2. The van der Waals surface area contributed by atoms with Crippen LogP contribution in [-0.2, 0) is 12.8 Å². The summed E-state index contributed by atoms with van der Waals surface area (Å²) in [5.41, 5.74) is 7.76. The summed E-state index contributed by atoms with van der Waals surface area (Å²) in [6, 6.07) is 5.47. The molecule has 0 unspecified atom stereocenters. The zero-order valence-electron chi connectivity index (χ0n) is 15.9. The van der Waals surface area contributed by atoms with E-state index in [1.165, 1.54) is 34.0 Å². The molecule has 28 heavy (non-hydrogen) atoms. The first-order chi connectivity index (χ1) is 13.5. The minimum Gasteiger partial charge on any atom is -0.313 e. The Morgan fingerprint density at radius 2 is 1.93 bits per heavy atom. The Labute approximate surface area is 171 Å². The Bertz CT molecular complexity index is 1040. The first-order valence-electron chi connectivity index (χ1n) is 9.30. The second-order valence-electron chi connectivity index (χ2n) is 7.09. The van der Waals surface area contributed by atoms with Gasteiger partial charge in [0.2, 0.25) is 0 Å². The molecule has 0 fully saturated rings. The van der Waals surface area contributed by atoms with Crippen LogP contribution in [0.5, 0.6) is 0 Å². The van der Waals surface area contributed by atoms with Gasteiger partial charge in [-0.1, -0.05) is 6.42 Å². The minimum absolute atomic E-state index is 0.169. The molecular weight excluding hydrogens is 392 g/mol. The number of nitrogens with zero attached hydrogens (tertiary/aromatic N) is 2. The van der Waals surface area contributed by atoms with E-state index in [4.69, 9.17) is 0 Å². The Kier molecular flexibility index (Phi) is 5.43. The number of hydrogen-bond acceptors (Lipinski definition) is 6. The van der Waals surface area contributed by atoms with Crippen LogP contribution in [0.3, 0.4) is 0 Å². The summed E-state index contributed by atoms with van der Waals surface area (Å²) >= 11 is 3.04. The lowest BCUT2D eigenvalue weighted by atomic mass is 10.0. The lowest BCUT2D eigenvalue weighted by Gasteiger charge is -2.14. The molecule has 3 aromatic rings. The summed E-state index contributed by atoms with van der Waals surface area (Å²) in [5, 5.41) is 5.27. The number of hydrazine groups is 1. The van der Waals surface area contributed by atoms with Gasteiger partial charge < -0.3 is 5.32 Å². The molecule has 2 amide bonds. The number of amides is 2. The number of hydrogen-bond donors (Lipinski definition) is 2. The van der Waals surface area contributed by atoms with Crippen LogP contribution in [0.15, 0.2) is 23.7 Å². The molecule has 6 nitrogen and oxygen atoms in total. The molecule has 1 aromatic carbocycles. The van der Waals surface area contributed by atoms with E-state index < -0.39 is 0 Å². The molecule has 1 aliphatic rings. The summed E-state index contributed by atoms with van der Waals surface area (Å²) < 4.78 is 0.972. The van der Waals surface area contributed by atoms with E-state index in [0.717, 1.165) is 41.5 Å². The molecule has 0 saturated heterocycles. The van der Waals surface area contributed by atoms with E-state index in [-0.39, 0.29) is 11.8 Å². The number of carbonyl (C=O) groups is 2. The van der Waals surface area contributed by atoms with Crippen molar-refractivity contribution in [1.29, 1.82) is 0 Å². The number of carbonyl (C=O) groups excluding carboxylic acids is 2. The van der Waals surface area contributed by atoms with Crippen molar-refractivity contribution in [2.45, 2.75) is 32.1 Å². The van der Waals surface area contributed by atoms with Gasteiger partial charge in [0.1, 0.15) is 5.00 Å². The predicted molar refractivity (Wildman–Crippen MR) is 114 cm³/mol. The minimum atomic E-state index is -0.203. The fourth-order valence-corrected chi connectivity index (χ4v) is 5.50. The maximum Gasteiger partial charge on any atom is 0.268 e. The Hall–Kier alpha value is -2.29. The van der Waals surface area contributed by atoms with Crippen molar-refractivity contribution in [3.63, 3.8) is 0 Å². The number of thiazole rings is 1. The molecule has 0 saturated carbocycles. The van der Waals surface area contributed by atoms with Gasteiger partial charge in [0, 0.05) is 24.5 Å². The molecule has 0 atom stereocenters. The second-order valence-corrected chi connectivity index (χ2v) is 9.08. The van der Waals surface area contributed by atoms with Crippen LogP contribution < -0.4 is 10.7 Å². The third kappa shape index (κ3) is 3.80. The molecule has 2 N–H and O–H groups in total. The molecule has 0 radical (unpaired) electrons. The SMILES string of the molecule is CN(C)NC(=O)c1c(NC(=O)c2ccc3ncsc3c2)sc2c1CCCCC2. The van der Waals surface area contributed by atoms with E-state index in [0.29, 0.717) is 16.1 Å². The van der Waals surface area contributed by atoms with Gasteiger partial charge in [-0.05, 0) is 49.4 Å². The van der Waals surface area contributed by atoms with Crippen LogP contribution in [0.1, 0.15) is 50.4 Å². The molecule has 146 valence electrons. The van der Waals surface area contributed by atoms with Gasteiger partial charge in [-0.2, -0.15) is 0 Å². The molecule has 2 aromatic heterocycles. The van der Waals surface area contributed by atoms with Crippen LogP contribution in [0, 0.1) is 0 Å². The number of aryl methyl sites for hydroxylation is 1. The summed E-state index contributed by atoms with van der Waals surface area (Å²) in [6.07, 6.45) is 5.21. The highest BCUT2D eigenvalue weighted by Gasteiger charge is 2.26. The quantitative estimate of drug-likeness (QED) is 0.498. The van der Waals surface area contributed by atoms with Crippen LogP contribution in [-0.4, -0.2) is 35.9 Å². The van der Waals surface area contributed by atoms with E-state index in [1.807, 2.05) is 12.1 Å². The molecule has 0 bridgehead atoms. The maximum absolute atomic E-state index is 12.9. The van der Waals surface area contributed by atoms with Gasteiger partial charge in [-0.15, -0.1) is 22.7 Å². The molecule has 2 heterocycles. The summed E-state index contributed by atoms with van der Waals surface area (Å²) in [6.45, 7) is 0. The van der Waals surface area contributed by atoms with Gasteiger partial charge in [0.25, 0.3) is 11.8 Å². The third-order valence-electron chi connectivity index (χ3n) is 4.79. The largest absolute Gasteiger partial charge is 0.313 e. The number of anilines is 1. The van der Waals surface area contributed by atoms with Crippen molar-refractivity contribution < 1.29 is 9.59 Å². The molecule has 0 aliphatic heterocycles. The number of benzene rings is 1. The van der Waals surface area contributed by atoms with E-state index in [9.17, 15) is 9.59 Å². The number of fused-ring (bicyclic) bond motifs is 2. The lowest BCUT2D eigenvalue weighted by molar-refractivity contribution is 0.0857. The number of rotatable bonds is 4. The molecule has 0 spiro atoms. The fraction of sp³-hybridized carbons (Fsp3) is 0.350. The first kappa shape index (κ1) is 19.0. The van der Waals surface area contributed by atoms with E-state index in [1.54, 1.807) is 30.7 Å². The van der Waals surface area contributed by atoms with Crippen LogP contribution >= 0.6 is 22.7 Å². The van der Waals surface area contributed by atoms with E-state index >= 15 is 0 Å². The zero-order chi connectivity index (χ0) is 19.7. The van der Waals surface area contributed by atoms with Crippen LogP contribution in [0.4, 0.5) is 5.00 Å². The summed E-state index contributed by atoms with van der Waals surface area (Å²) in [7, 11) is 3.57. The topological polar surface area (TPSA) is 74.3 Å². The van der Waals surface area contributed by atoms with Crippen molar-refractivity contribution in [1.82, 2.24) is 15.4 Å². The monoisotopic (exact) mass is 414 g/mol. The number of thiophene rings is 1. The standard InChI is InChI=1S/C20H22N4O2S2/c1-24(2)23-19(26)17-13-6-4-3-5-7-15(13)28-20(17)22-18(25)12-8-9-14-16(10-12)27-11-21-14/h8-11H,3-7H2,1-2H3,(H,22,25)(H,23,26). The van der Waals surface area contributed by atoms with Gasteiger partial charge >= 0.3 is 0 Å². The Balaban J connectivity index is 1.67. The first-order valence-corrected chi connectivity index (χ1v) is 11.0. The second kappa shape index (κ2) is 7.98. The van der Waals surface area contributed by atoms with Crippen LogP contribution in [0.25, 0.3) is 10.2 Å².